The molecular formula is C26H27ClN2O2. The minimum atomic E-state index is -0.342. The zero-order chi connectivity index (χ0) is 21.7. The van der Waals surface area contributed by atoms with Crippen LogP contribution >= 0.6 is 11.6 Å². The van der Waals surface area contributed by atoms with Gasteiger partial charge < -0.3 is 10.1 Å². The maximum Gasteiger partial charge on any atom is 0.217 e. The lowest BCUT2D eigenvalue weighted by Crippen LogP contribution is -2.52. The van der Waals surface area contributed by atoms with Gasteiger partial charge in [0.15, 0.2) is 0 Å². The average Bonchev–Trinajstić information content (AvgIpc) is 2.76. The van der Waals surface area contributed by atoms with Gasteiger partial charge in [-0.2, -0.15) is 0 Å². The number of benzene rings is 3. The Morgan fingerprint density at radius 1 is 0.968 bits per heavy atom. The Morgan fingerprint density at radius 3 is 2.32 bits per heavy atom. The Hall–Kier alpha value is -2.82. The van der Waals surface area contributed by atoms with E-state index in [9.17, 15) is 4.79 Å². The largest absolute Gasteiger partial charge is 0.457 e. The Bertz CT molecular complexity index is 1010. The Morgan fingerprint density at radius 2 is 1.65 bits per heavy atom. The standard InChI is InChI=1S/C26H27ClN2O2/c1-20(30)28-26(22-10-12-23(27)13-11-22)14-16-29(17-15-26)19-21-6-5-9-25(18-21)31-24-7-3-2-4-8-24/h2-13,18H,14-17,19H2,1H3,(H,28,30). The molecular weight excluding hydrogens is 408 g/mol. The number of nitrogens with one attached hydrogen (secondary N) is 1. The summed E-state index contributed by atoms with van der Waals surface area (Å²) in [6.45, 7) is 4.23. The zero-order valence-electron chi connectivity index (χ0n) is 17.7. The van der Waals surface area contributed by atoms with Gasteiger partial charge in [-0.25, -0.2) is 0 Å². The summed E-state index contributed by atoms with van der Waals surface area (Å²) in [6, 6.07) is 25.9. The van der Waals surface area contributed by atoms with Crippen LogP contribution in [0.3, 0.4) is 0 Å². The topological polar surface area (TPSA) is 41.6 Å². The highest BCUT2D eigenvalue weighted by Gasteiger charge is 2.36. The molecule has 0 atom stereocenters. The number of para-hydroxylation sites is 1. The van der Waals surface area contributed by atoms with Crippen molar-refractivity contribution in [2.75, 3.05) is 13.1 Å². The Labute approximate surface area is 188 Å². The van der Waals surface area contributed by atoms with Crippen LogP contribution in [0.2, 0.25) is 5.02 Å². The van der Waals surface area contributed by atoms with E-state index in [1.807, 2.05) is 66.7 Å². The van der Waals surface area contributed by atoms with Crippen LogP contribution in [0.1, 0.15) is 30.9 Å². The SMILES string of the molecule is CC(=O)NC1(c2ccc(Cl)cc2)CCN(Cc2cccc(Oc3ccccc3)c2)CC1. The van der Waals surface area contributed by atoms with Crippen molar-refractivity contribution in [3.05, 3.63) is 95.0 Å². The molecule has 5 heteroatoms. The van der Waals surface area contributed by atoms with Gasteiger partial charge in [0.2, 0.25) is 5.91 Å². The van der Waals surface area contributed by atoms with Gasteiger partial charge in [0.1, 0.15) is 11.5 Å². The van der Waals surface area contributed by atoms with Gasteiger partial charge >= 0.3 is 0 Å². The highest BCUT2D eigenvalue weighted by Crippen LogP contribution is 2.34. The van der Waals surface area contributed by atoms with E-state index in [1.165, 1.54) is 5.56 Å². The summed E-state index contributed by atoms with van der Waals surface area (Å²) in [5.41, 5.74) is 1.99. The first-order valence-electron chi connectivity index (χ1n) is 10.6. The van der Waals surface area contributed by atoms with E-state index in [0.717, 1.165) is 49.5 Å². The number of carbonyl (C=O) groups excluding carboxylic acids is 1. The van der Waals surface area contributed by atoms with Gasteiger partial charge in [-0.3, -0.25) is 9.69 Å². The fourth-order valence-electron chi connectivity index (χ4n) is 4.27. The molecule has 0 bridgehead atoms. The Kier molecular flexibility index (Phi) is 6.59. The number of likely N-dealkylation sites (tertiary alicyclic amines) is 1. The van der Waals surface area contributed by atoms with Crippen LogP contribution in [-0.2, 0) is 16.9 Å². The van der Waals surface area contributed by atoms with Crippen LogP contribution in [0.15, 0.2) is 78.9 Å². The molecule has 1 saturated heterocycles. The van der Waals surface area contributed by atoms with Gasteiger partial charge in [0.25, 0.3) is 0 Å². The zero-order valence-corrected chi connectivity index (χ0v) is 18.4. The monoisotopic (exact) mass is 434 g/mol. The second kappa shape index (κ2) is 9.54. The number of amides is 1. The molecule has 4 rings (SSSR count). The first-order valence-corrected chi connectivity index (χ1v) is 11.0. The molecule has 4 nitrogen and oxygen atoms in total. The van der Waals surface area contributed by atoms with Gasteiger partial charge in [-0.1, -0.05) is 54.1 Å². The summed E-state index contributed by atoms with van der Waals surface area (Å²) in [7, 11) is 0. The third-order valence-electron chi connectivity index (χ3n) is 5.81. The van der Waals surface area contributed by atoms with Crippen molar-refractivity contribution in [2.45, 2.75) is 31.8 Å². The van der Waals surface area contributed by atoms with E-state index in [4.69, 9.17) is 16.3 Å². The predicted molar refractivity (Wildman–Crippen MR) is 124 cm³/mol. The molecule has 1 aliphatic heterocycles. The number of hydrogen-bond acceptors (Lipinski definition) is 3. The van der Waals surface area contributed by atoms with E-state index in [2.05, 4.69) is 22.3 Å². The van der Waals surface area contributed by atoms with Gasteiger partial charge in [-0.15, -0.1) is 0 Å². The normalized spacial score (nSPS) is 15.9. The summed E-state index contributed by atoms with van der Waals surface area (Å²) < 4.78 is 5.98. The van der Waals surface area contributed by atoms with Crippen LogP contribution < -0.4 is 10.1 Å². The molecule has 0 unspecified atom stereocenters. The predicted octanol–water partition coefficient (Wildman–Crippen LogP) is 5.76. The van der Waals surface area contributed by atoms with Crippen LogP contribution in [0.25, 0.3) is 0 Å². The van der Waals surface area contributed by atoms with Crippen molar-refractivity contribution >= 4 is 17.5 Å². The molecule has 1 fully saturated rings. The highest BCUT2D eigenvalue weighted by atomic mass is 35.5. The molecule has 0 aliphatic carbocycles. The number of hydrogen-bond donors (Lipinski definition) is 1. The van der Waals surface area contributed by atoms with Crippen molar-refractivity contribution in [3.8, 4) is 11.5 Å². The third-order valence-corrected chi connectivity index (χ3v) is 6.06. The number of nitrogens with zero attached hydrogens (tertiary/aromatic N) is 1. The van der Waals surface area contributed by atoms with Crippen molar-refractivity contribution < 1.29 is 9.53 Å². The lowest BCUT2D eigenvalue weighted by molar-refractivity contribution is -0.121. The molecule has 0 aromatic heterocycles. The lowest BCUT2D eigenvalue weighted by atomic mass is 9.80. The fraction of sp³-hybridized carbons (Fsp3) is 0.269. The molecule has 3 aromatic carbocycles. The van der Waals surface area contributed by atoms with Crippen molar-refractivity contribution in [3.63, 3.8) is 0 Å². The number of carbonyl (C=O) groups is 1. The van der Waals surface area contributed by atoms with Gasteiger partial charge in [-0.05, 0) is 60.4 Å². The number of rotatable bonds is 6. The van der Waals surface area contributed by atoms with Crippen molar-refractivity contribution in [1.29, 1.82) is 0 Å². The van der Waals surface area contributed by atoms with E-state index >= 15 is 0 Å². The van der Waals surface area contributed by atoms with E-state index in [0.29, 0.717) is 5.02 Å². The molecule has 0 spiro atoms. The van der Waals surface area contributed by atoms with Crippen molar-refractivity contribution in [1.82, 2.24) is 10.2 Å². The first-order chi connectivity index (χ1) is 15.0. The minimum absolute atomic E-state index is 0.00541. The molecule has 0 radical (unpaired) electrons. The fourth-order valence-corrected chi connectivity index (χ4v) is 4.40. The van der Waals surface area contributed by atoms with E-state index < -0.39 is 0 Å². The summed E-state index contributed by atoms with van der Waals surface area (Å²) in [6.07, 6.45) is 1.71. The smallest absolute Gasteiger partial charge is 0.217 e. The second-order valence-corrected chi connectivity index (χ2v) is 8.55. The summed E-state index contributed by atoms with van der Waals surface area (Å²) >= 11 is 6.07. The van der Waals surface area contributed by atoms with Gasteiger partial charge in [0.05, 0.1) is 5.54 Å². The second-order valence-electron chi connectivity index (χ2n) is 8.11. The van der Waals surface area contributed by atoms with Crippen molar-refractivity contribution in [2.24, 2.45) is 0 Å². The number of ether oxygens (including phenoxy) is 1. The van der Waals surface area contributed by atoms with E-state index in [-0.39, 0.29) is 11.4 Å². The summed E-state index contributed by atoms with van der Waals surface area (Å²) in [5, 5.41) is 3.93. The molecule has 1 amide bonds. The van der Waals surface area contributed by atoms with Crippen LogP contribution in [0.4, 0.5) is 0 Å². The molecule has 3 aromatic rings. The maximum absolute atomic E-state index is 12.0. The summed E-state index contributed by atoms with van der Waals surface area (Å²) in [5.74, 6) is 1.67. The van der Waals surface area contributed by atoms with E-state index in [1.54, 1.807) is 6.92 Å². The lowest BCUT2D eigenvalue weighted by Gasteiger charge is -2.42. The highest BCUT2D eigenvalue weighted by molar-refractivity contribution is 6.30. The van der Waals surface area contributed by atoms with Crippen LogP contribution in [-0.4, -0.2) is 23.9 Å². The maximum atomic E-state index is 12.0. The molecule has 1 aliphatic rings. The first kappa shape index (κ1) is 21.4. The molecule has 1 heterocycles. The van der Waals surface area contributed by atoms with Gasteiger partial charge in [0, 0.05) is 31.6 Å². The molecule has 1 N–H and O–H groups in total. The quantitative estimate of drug-likeness (QED) is 0.536. The number of piperidine rings is 1. The molecule has 31 heavy (non-hydrogen) atoms. The van der Waals surface area contributed by atoms with Crippen LogP contribution in [0.5, 0.6) is 11.5 Å². The summed E-state index contributed by atoms with van der Waals surface area (Å²) in [4.78, 5) is 14.4. The Balaban J connectivity index is 1.42. The number of halogens is 1. The minimum Gasteiger partial charge on any atom is -0.457 e. The average molecular weight is 435 g/mol. The molecule has 0 saturated carbocycles. The molecule has 160 valence electrons. The van der Waals surface area contributed by atoms with Crippen LogP contribution in [0, 0.1) is 0 Å². The third kappa shape index (κ3) is 5.46.